The van der Waals surface area contributed by atoms with Crippen LogP contribution in [0.25, 0.3) is 6.08 Å². The van der Waals surface area contributed by atoms with Gasteiger partial charge in [-0.25, -0.2) is 12.8 Å². The third-order valence-corrected chi connectivity index (χ3v) is 5.02. The van der Waals surface area contributed by atoms with Gasteiger partial charge in [-0.15, -0.1) is 0 Å². The van der Waals surface area contributed by atoms with E-state index in [1.807, 2.05) is 0 Å². The van der Waals surface area contributed by atoms with E-state index in [1.54, 1.807) is 32.0 Å². The summed E-state index contributed by atoms with van der Waals surface area (Å²) in [5.74, 6) is -0.432. The SMILES string of the molecule is Cc1cc(/C=C(/C#N)S(=O)(=O)c2ccc(F)cc2)cc(C)c1O. The molecule has 0 aliphatic rings. The van der Waals surface area contributed by atoms with Gasteiger partial charge in [-0.2, -0.15) is 5.26 Å². The van der Waals surface area contributed by atoms with Crippen molar-refractivity contribution in [1.29, 1.82) is 5.26 Å². The predicted molar refractivity (Wildman–Crippen MR) is 84.8 cm³/mol. The molecule has 4 nitrogen and oxygen atoms in total. The molecule has 0 aliphatic heterocycles. The number of allylic oxidation sites excluding steroid dienone is 1. The maximum absolute atomic E-state index is 12.9. The first-order valence-electron chi connectivity index (χ1n) is 6.68. The van der Waals surface area contributed by atoms with Crippen LogP contribution in [0.1, 0.15) is 16.7 Å². The second kappa shape index (κ2) is 6.23. The number of hydrogen-bond donors (Lipinski definition) is 1. The molecule has 0 saturated heterocycles. The average Bonchev–Trinajstić information content (AvgIpc) is 2.50. The van der Waals surface area contributed by atoms with E-state index in [4.69, 9.17) is 0 Å². The fraction of sp³-hybridized carbons (Fsp3) is 0.118. The Kier molecular flexibility index (Phi) is 4.52. The summed E-state index contributed by atoms with van der Waals surface area (Å²) >= 11 is 0. The van der Waals surface area contributed by atoms with E-state index in [1.165, 1.54) is 6.08 Å². The van der Waals surface area contributed by atoms with Crippen LogP contribution in [0.5, 0.6) is 5.75 Å². The van der Waals surface area contributed by atoms with Crippen molar-refractivity contribution in [3.63, 3.8) is 0 Å². The number of sulfone groups is 1. The van der Waals surface area contributed by atoms with Gasteiger partial charge < -0.3 is 5.11 Å². The van der Waals surface area contributed by atoms with Gasteiger partial charge in [0, 0.05) is 0 Å². The summed E-state index contributed by atoms with van der Waals surface area (Å²) < 4.78 is 37.8. The van der Waals surface area contributed by atoms with Crippen molar-refractivity contribution in [2.75, 3.05) is 0 Å². The zero-order valence-electron chi connectivity index (χ0n) is 12.5. The van der Waals surface area contributed by atoms with Crippen molar-refractivity contribution in [2.24, 2.45) is 0 Å². The van der Waals surface area contributed by atoms with Gasteiger partial charge in [0.15, 0.2) is 0 Å². The first-order valence-corrected chi connectivity index (χ1v) is 8.16. The molecule has 0 aromatic heterocycles. The van der Waals surface area contributed by atoms with E-state index >= 15 is 0 Å². The number of benzene rings is 2. The van der Waals surface area contributed by atoms with Gasteiger partial charge in [-0.3, -0.25) is 0 Å². The number of aromatic hydroxyl groups is 1. The number of nitriles is 1. The van der Waals surface area contributed by atoms with Crippen molar-refractivity contribution >= 4 is 15.9 Å². The summed E-state index contributed by atoms with van der Waals surface area (Å²) in [7, 11) is -4.03. The standard InChI is InChI=1S/C17H14FNO3S/c1-11-7-13(8-12(2)17(11)20)9-16(10-19)23(21,22)15-5-3-14(18)4-6-15/h3-9,20H,1-2H3/b16-9-. The Balaban J connectivity index is 2.55. The van der Waals surface area contributed by atoms with Crippen molar-refractivity contribution < 1.29 is 17.9 Å². The van der Waals surface area contributed by atoms with Crippen molar-refractivity contribution in [2.45, 2.75) is 18.7 Å². The Bertz CT molecular complexity index is 900. The molecule has 0 fully saturated rings. The zero-order valence-corrected chi connectivity index (χ0v) is 13.4. The number of phenolic OH excluding ortho intramolecular Hbond substituents is 1. The molecule has 0 bridgehead atoms. The van der Waals surface area contributed by atoms with Gasteiger partial charge in [0.2, 0.25) is 9.84 Å². The molecular formula is C17H14FNO3S. The van der Waals surface area contributed by atoms with Crippen LogP contribution >= 0.6 is 0 Å². The molecule has 2 rings (SSSR count). The average molecular weight is 331 g/mol. The summed E-state index contributed by atoms with van der Waals surface area (Å²) in [5.41, 5.74) is 1.64. The number of aryl methyl sites for hydroxylation is 2. The van der Waals surface area contributed by atoms with E-state index in [9.17, 15) is 23.2 Å². The molecule has 2 aromatic rings. The van der Waals surface area contributed by atoms with Crippen LogP contribution in [0.3, 0.4) is 0 Å². The monoisotopic (exact) mass is 331 g/mol. The highest BCUT2D eigenvalue weighted by atomic mass is 32.2. The van der Waals surface area contributed by atoms with Crippen molar-refractivity contribution in [1.82, 2.24) is 0 Å². The normalized spacial score (nSPS) is 12.0. The highest BCUT2D eigenvalue weighted by Gasteiger charge is 2.21. The minimum atomic E-state index is -4.03. The lowest BCUT2D eigenvalue weighted by molar-refractivity contribution is 0.467. The molecule has 0 aliphatic carbocycles. The lowest BCUT2D eigenvalue weighted by Gasteiger charge is -2.06. The Morgan fingerprint density at radius 1 is 1.17 bits per heavy atom. The van der Waals surface area contributed by atoms with Crippen LogP contribution in [-0.2, 0) is 9.84 Å². The molecule has 2 aromatic carbocycles. The second-order valence-corrected chi connectivity index (χ2v) is 7.00. The molecular weight excluding hydrogens is 317 g/mol. The maximum atomic E-state index is 12.9. The van der Waals surface area contributed by atoms with Gasteiger partial charge >= 0.3 is 0 Å². The maximum Gasteiger partial charge on any atom is 0.216 e. The molecule has 0 atom stereocenters. The first-order chi connectivity index (χ1) is 10.8. The lowest BCUT2D eigenvalue weighted by Crippen LogP contribution is -2.03. The van der Waals surface area contributed by atoms with Crippen LogP contribution in [-0.4, -0.2) is 13.5 Å². The fourth-order valence-corrected chi connectivity index (χ4v) is 3.29. The molecule has 23 heavy (non-hydrogen) atoms. The molecule has 1 N–H and O–H groups in total. The van der Waals surface area contributed by atoms with Crippen molar-refractivity contribution in [3.8, 4) is 11.8 Å². The topological polar surface area (TPSA) is 78.2 Å². The summed E-state index contributed by atoms with van der Waals surface area (Å²) in [6.45, 7) is 3.36. The van der Waals surface area contributed by atoms with Crippen LogP contribution in [0, 0.1) is 31.0 Å². The van der Waals surface area contributed by atoms with Crippen LogP contribution < -0.4 is 0 Å². The van der Waals surface area contributed by atoms with E-state index in [2.05, 4.69) is 0 Å². The minimum Gasteiger partial charge on any atom is -0.507 e. The van der Waals surface area contributed by atoms with Gasteiger partial charge in [0.05, 0.1) is 4.90 Å². The molecule has 118 valence electrons. The van der Waals surface area contributed by atoms with Gasteiger partial charge in [0.25, 0.3) is 0 Å². The molecule has 0 heterocycles. The van der Waals surface area contributed by atoms with Gasteiger partial charge in [-0.05, 0) is 73.0 Å². The zero-order chi connectivity index (χ0) is 17.2. The number of halogens is 1. The first kappa shape index (κ1) is 16.7. The Hall–Kier alpha value is -2.65. The Labute approximate surface area is 134 Å². The smallest absolute Gasteiger partial charge is 0.216 e. The number of hydrogen-bond acceptors (Lipinski definition) is 4. The van der Waals surface area contributed by atoms with E-state index in [0.717, 1.165) is 24.3 Å². The molecule has 0 spiro atoms. The Morgan fingerprint density at radius 3 is 2.17 bits per heavy atom. The number of nitrogens with zero attached hydrogens (tertiary/aromatic N) is 1. The second-order valence-electron chi connectivity index (χ2n) is 5.08. The predicted octanol–water partition coefficient (Wildman–Crippen LogP) is 3.49. The van der Waals surface area contributed by atoms with E-state index in [-0.39, 0.29) is 10.6 Å². The van der Waals surface area contributed by atoms with Crippen LogP contribution in [0.15, 0.2) is 46.2 Å². The Morgan fingerprint density at radius 2 is 1.70 bits per heavy atom. The van der Waals surface area contributed by atoms with Gasteiger partial charge in [0.1, 0.15) is 22.5 Å². The highest BCUT2D eigenvalue weighted by molar-refractivity contribution is 7.95. The largest absolute Gasteiger partial charge is 0.507 e. The summed E-state index contributed by atoms with van der Waals surface area (Å²) in [5, 5.41) is 19.0. The third kappa shape index (κ3) is 3.41. The summed E-state index contributed by atoms with van der Waals surface area (Å²) in [4.78, 5) is -0.604. The van der Waals surface area contributed by atoms with Crippen LogP contribution in [0.2, 0.25) is 0 Å². The third-order valence-electron chi connectivity index (χ3n) is 3.33. The molecule has 0 radical (unpaired) electrons. The van der Waals surface area contributed by atoms with E-state index in [0.29, 0.717) is 16.7 Å². The number of rotatable bonds is 3. The molecule has 0 saturated carbocycles. The fourth-order valence-electron chi connectivity index (χ4n) is 2.13. The lowest BCUT2D eigenvalue weighted by atomic mass is 10.1. The molecule has 0 unspecified atom stereocenters. The summed E-state index contributed by atoms with van der Waals surface area (Å²) in [6.07, 6.45) is 1.23. The van der Waals surface area contributed by atoms with Crippen LogP contribution in [0.4, 0.5) is 4.39 Å². The quantitative estimate of drug-likeness (QED) is 0.690. The highest BCUT2D eigenvalue weighted by Crippen LogP contribution is 2.26. The molecule has 6 heteroatoms. The van der Waals surface area contributed by atoms with Crippen molar-refractivity contribution in [3.05, 3.63) is 63.8 Å². The number of phenols is 1. The van der Waals surface area contributed by atoms with E-state index < -0.39 is 20.6 Å². The minimum absolute atomic E-state index is 0.127. The molecule has 0 amide bonds. The summed E-state index contributed by atoms with van der Waals surface area (Å²) in [6, 6.07) is 9.12. The van der Waals surface area contributed by atoms with Gasteiger partial charge in [-0.1, -0.05) is 0 Å².